The van der Waals surface area contributed by atoms with Crippen molar-refractivity contribution in [1.29, 1.82) is 0 Å². The number of nitrogens with one attached hydrogen (secondary N) is 1. The van der Waals surface area contributed by atoms with E-state index in [1.165, 1.54) is 0 Å². The molecule has 0 fully saturated rings. The van der Waals surface area contributed by atoms with E-state index in [1.807, 2.05) is 36.4 Å². The zero-order valence-corrected chi connectivity index (χ0v) is 12.3. The summed E-state index contributed by atoms with van der Waals surface area (Å²) in [6.07, 6.45) is 1.77. The molecule has 2 aromatic rings. The van der Waals surface area contributed by atoms with Crippen molar-refractivity contribution >= 4 is 5.69 Å². The first-order valence-electron chi connectivity index (χ1n) is 6.52. The van der Waals surface area contributed by atoms with Crippen LogP contribution >= 0.6 is 0 Å². The molecular weight excluding hydrogens is 252 g/mol. The maximum absolute atomic E-state index is 5.67. The number of ether oxygens (including phenoxy) is 2. The Bertz CT molecular complexity index is 542. The Morgan fingerprint density at radius 3 is 2.10 bits per heavy atom. The predicted molar refractivity (Wildman–Crippen MR) is 80.7 cm³/mol. The molecule has 106 valence electrons. The SMILES string of the molecule is COc1ccc(Oc2ccc(NC(C)(C)C)cn2)cc1. The van der Waals surface area contributed by atoms with Gasteiger partial charge in [-0.15, -0.1) is 0 Å². The third kappa shape index (κ3) is 4.16. The molecule has 2 rings (SSSR count). The van der Waals surface area contributed by atoms with Gasteiger partial charge < -0.3 is 14.8 Å². The summed E-state index contributed by atoms with van der Waals surface area (Å²) in [7, 11) is 1.64. The van der Waals surface area contributed by atoms with Gasteiger partial charge in [-0.1, -0.05) is 0 Å². The zero-order valence-electron chi connectivity index (χ0n) is 12.3. The van der Waals surface area contributed by atoms with Gasteiger partial charge in [0.15, 0.2) is 0 Å². The van der Waals surface area contributed by atoms with E-state index in [1.54, 1.807) is 13.3 Å². The summed E-state index contributed by atoms with van der Waals surface area (Å²) in [6, 6.07) is 11.2. The number of hydrogen-bond acceptors (Lipinski definition) is 4. The van der Waals surface area contributed by atoms with Crippen LogP contribution in [-0.4, -0.2) is 17.6 Å². The molecule has 0 unspecified atom stereocenters. The Labute approximate surface area is 119 Å². The fourth-order valence-electron chi connectivity index (χ4n) is 1.71. The van der Waals surface area contributed by atoms with E-state index in [4.69, 9.17) is 9.47 Å². The second kappa shape index (κ2) is 5.82. The minimum atomic E-state index is 0.0139. The van der Waals surface area contributed by atoms with Crippen LogP contribution in [0.25, 0.3) is 0 Å². The van der Waals surface area contributed by atoms with Gasteiger partial charge in [-0.2, -0.15) is 0 Å². The molecule has 0 radical (unpaired) electrons. The summed E-state index contributed by atoms with van der Waals surface area (Å²) in [5.41, 5.74) is 0.986. The van der Waals surface area contributed by atoms with Crippen LogP contribution in [-0.2, 0) is 0 Å². The summed E-state index contributed by atoms with van der Waals surface area (Å²) in [6.45, 7) is 6.32. The Balaban J connectivity index is 2.02. The first kappa shape index (κ1) is 14.2. The van der Waals surface area contributed by atoms with Gasteiger partial charge >= 0.3 is 0 Å². The monoisotopic (exact) mass is 272 g/mol. The summed E-state index contributed by atoms with van der Waals surface area (Å²) in [5, 5.41) is 3.35. The molecule has 1 aromatic carbocycles. The molecule has 20 heavy (non-hydrogen) atoms. The van der Waals surface area contributed by atoms with Gasteiger partial charge in [0.25, 0.3) is 0 Å². The Morgan fingerprint density at radius 1 is 0.950 bits per heavy atom. The van der Waals surface area contributed by atoms with Crippen LogP contribution in [0.4, 0.5) is 5.69 Å². The molecule has 0 atom stereocenters. The summed E-state index contributed by atoms with van der Waals surface area (Å²) >= 11 is 0. The second-order valence-electron chi connectivity index (χ2n) is 5.54. The minimum absolute atomic E-state index is 0.0139. The number of pyridine rings is 1. The molecule has 0 spiro atoms. The Morgan fingerprint density at radius 2 is 1.60 bits per heavy atom. The summed E-state index contributed by atoms with van der Waals surface area (Å²) < 4.78 is 10.8. The smallest absolute Gasteiger partial charge is 0.219 e. The fraction of sp³-hybridized carbons (Fsp3) is 0.312. The van der Waals surface area contributed by atoms with E-state index < -0.39 is 0 Å². The molecule has 4 nitrogen and oxygen atoms in total. The van der Waals surface area contributed by atoms with Gasteiger partial charge in [-0.3, -0.25) is 0 Å². The van der Waals surface area contributed by atoms with Gasteiger partial charge in [-0.25, -0.2) is 4.98 Å². The average molecular weight is 272 g/mol. The third-order valence-electron chi connectivity index (χ3n) is 2.54. The topological polar surface area (TPSA) is 43.4 Å². The maximum atomic E-state index is 5.67. The number of hydrogen-bond donors (Lipinski definition) is 1. The quantitative estimate of drug-likeness (QED) is 0.910. The van der Waals surface area contributed by atoms with Gasteiger partial charge in [0.1, 0.15) is 11.5 Å². The van der Waals surface area contributed by atoms with E-state index in [9.17, 15) is 0 Å². The van der Waals surface area contributed by atoms with Gasteiger partial charge in [0, 0.05) is 11.6 Å². The van der Waals surface area contributed by atoms with Crippen molar-refractivity contribution in [3.05, 3.63) is 42.6 Å². The van der Waals surface area contributed by atoms with Crippen LogP contribution < -0.4 is 14.8 Å². The Kier molecular flexibility index (Phi) is 4.13. The zero-order chi connectivity index (χ0) is 14.6. The number of anilines is 1. The number of nitrogens with zero attached hydrogens (tertiary/aromatic N) is 1. The average Bonchev–Trinajstić information content (AvgIpc) is 2.40. The molecule has 0 saturated heterocycles. The van der Waals surface area contributed by atoms with E-state index in [-0.39, 0.29) is 5.54 Å². The second-order valence-corrected chi connectivity index (χ2v) is 5.54. The highest BCUT2D eigenvalue weighted by Crippen LogP contribution is 2.23. The lowest BCUT2D eigenvalue weighted by molar-refractivity contribution is 0.412. The highest BCUT2D eigenvalue weighted by atomic mass is 16.5. The van der Waals surface area contributed by atoms with Gasteiger partial charge in [-0.05, 0) is 51.1 Å². The summed E-state index contributed by atoms with van der Waals surface area (Å²) in [5.74, 6) is 2.10. The lowest BCUT2D eigenvalue weighted by atomic mass is 10.1. The van der Waals surface area contributed by atoms with E-state index in [0.717, 1.165) is 17.2 Å². The fourth-order valence-corrected chi connectivity index (χ4v) is 1.71. The van der Waals surface area contributed by atoms with Crippen LogP contribution in [0.2, 0.25) is 0 Å². The Hall–Kier alpha value is -2.23. The number of methoxy groups -OCH3 is 1. The van der Waals surface area contributed by atoms with Crippen molar-refractivity contribution in [3.8, 4) is 17.4 Å². The highest BCUT2D eigenvalue weighted by Gasteiger charge is 2.09. The number of aromatic nitrogens is 1. The first-order chi connectivity index (χ1) is 9.46. The normalized spacial score (nSPS) is 11.0. The highest BCUT2D eigenvalue weighted by molar-refractivity contribution is 5.44. The van der Waals surface area contributed by atoms with Gasteiger partial charge in [0.05, 0.1) is 19.0 Å². The molecule has 1 aromatic heterocycles. The molecule has 1 heterocycles. The van der Waals surface area contributed by atoms with Crippen molar-refractivity contribution < 1.29 is 9.47 Å². The van der Waals surface area contributed by atoms with Crippen molar-refractivity contribution in [2.24, 2.45) is 0 Å². The van der Waals surface area contributed by atoms with Crippen molar-refractivity contribution in [2.45, 2.75) is 26.3 Å². The standard InChI is InChI=1S/C16H20N2O2/c1-16(2,3)18-12-5-10-15(17-11-12)20-14-8-6-13(19-4)7-9-14/h5-11,18H,1-4H3. The lowest BCUT2D eigenvalue weighted by Crippen LogP contribution is -2.25. The molecule has 1 N–H and O–H groups in total. The van der Waals surface area contributed by atoms with Crippen molar-refractivity contribution in [3.63, 3.8) is 0 Å². The van der Waals surface area contributed by atoms with E-state index in [2.05, 4.69) is 31.1 Å². The number of benzene rings is 1. The maximum Gasteiger partial charge on any atom is 0.219 e. The van der Waals surface area contributed by atoms with Crippen LogP contribution in [0.1, 0.15) is 20.8 Å². The molecule has 0 amide bonds. The molecular formula is C16H20N2O2. The van der Waals surface area contributed by atoms with Gasteiger partial charge in [0.2, 0.25) is 5.88 Å². The largest absolute Gasteiger partial charge is 0.497 e. The molecule has 0 aliphatic heterocycles. The van der Waals surface area contributed by atoms with E-state index in [0.29, 0.717) is 5.88 Å². The molecule has 0 aliphatic carbocycles. The molecule has 0 saturated carbocycles. The predicted octanol–water partition coefficient (Wildman–Crippen LogP) is 4.09. The van der Waals surface area contributed by atoms with Crippen molar-refractivity contribution in [1.82, 2.24) is 4.98 Å². The van der Waals surface area contributed by atoms with Crippen LogP contribution in [0, 0.1) is 0 Å². The molecule has 0 aliphatic rings. The van der Waals surface area contributed by atoms with Crippen LogP contribution in [0.3, 0.4) is 0 Å². The first-order valence-corrected chi connectivity index (χ1v) is 6.52. The van der Waals surface area contributed by atoms with E-state index >= 15 is 0 Å². The van der Waals surface area contributed by atoms with Crippen molar-refractivity contribution in [2.75, 3.05) is 12.4 Å². The lowest BCUT2D eigenvalue weighted by Gasteiger charge is -2.21. The van der Waals surface area contributed by atoms with Crippen LogP contribution in [0.15, 0.2) is 42.6 Å². The molecule has 4 heteroatoms. The summed E-state index contributed by atoms with van der Waals surface area (Å²) in [4.78, 5) is 4.28. The third-order valence-corrected chi connectivity index (χ3v) is 2.54. The number of rotatable bonds is 4. The molecule has 0 bridgehead atoms. The van der Waals surface area contributed by atoms with Crippen LogP contribution in [0.5, 0.6) is 17.4 Å². The minimum Gasteiger partial charge on any atom is -0.497 e.